The van der Waals surface area contributed by atoms with Gasteiger partial charge >= 0.3 is 5.97 Å². The third-order valence-corrected chi connectivity index (χ3v) is 7.62. The Morgan fingerprint density at radius 2 is 0.780 bits per heavy atom. The number of carbonyl (C=O) groups excluding carboxylic acids is 1. The molecule has 0 saturated carbocycles. The average Bonchev–Trinajstić information content (AvgIpc) is 2.97. The SMILES string of the molecule is CCCCCCCC/C=C\CCCCCCCC(=O)OCC.CCCCCCCC/C=C\CCCCCCCCO. The summed E-state index contributed by atoms with van der Waals surface area (Å²) in [5, 5.41) is 8.66. The zero-order valence-electron chi connectivity index (χ0n) is 28.3. The van der Waals surface area contributed by atoms with Crippen molar-refractivity contribution in [3.8, 4) is 0 Å². The molecule has 0 bridgehead atoms. The van der Waals surface area contributed by atoms with Crippen molar-refractivity contribution in [1.29, 1.82) is 0 Å². The third kappa shape index (κ3) is 43.5. The molecule has 0 aliphatic carbocycles. The molecule has 1 N–H and O–H groups in total. The Balaban J connectivity index is 0. The van der Waals surface area contributed by atoms with Crippen molar-refractivity contribution >= 4 is 5.97 Å². The maximum atomic E-state index is 11.1. The van der Waals surface area contributed by atoms with E-state index in [0.717, 1.165) is 19.3 Å². The summed E-state index contributed by atoms with van der Waals surface area (Å²) in [4.78, 5) is 11.1. The number of allylic oxidation sites excluding steroid dienone is 4. The normalized spacial score (nSPS) is 11.3. The van der Waals surface area contributed by atoms with Gasteiger partial charge < -0.3 is 9.84 Å². The molecular weight excluding hydrogens is 504 g/mol. The fourth-order valence-electron chi connectivity index (χ4n) is 4.93. The zero-order valence-corrected chi connectivity index (χ0v) is 28.3. The third-order valence-electron chi connectivity index (χ3n) is 7.62. The second-order valence-electron chi connectivity index (χ2n) is 11.8. The Morgan fingerprint density at radius 1 is 0.463 bits per heavy atom. The predicted molar refractivity (Wildman–Crippen MR) is 183 cm³/mol. The van der Waals surface area contributed by atoms with Gasteiger partial charge in [-0.25, -0.2) is 0 Å². The van der Waals surface area contributed by atoms with E-state index in [-0.39, 0.29) is 5.97 Å². The van der Waals surface area contributed by atoms with Crippen LogP contribution in [0.5, 0.6) is 0 Å². The molecule has 0 aromatic carbocycles. The van der Waals surface area contributed by atoms with E-state index in [1.807, 2.05) is 6.92 Å². The van der Waals surface area contributed by atoms with Crippen LogP contribution in [0.2, 0.25) is 0 Å². The molecule has 244 valence electrons. The second kappa shape index (κ2) is 41.0. The number of unbranched alkanes of at least 4 members (excludes halogenated alkanes) is 23. The number of aliphatic hydroxyl groups is 1. The summed E-state index contributed by atoms with van der Waals surface area (Å²) in [5.41, 5.74) is 0. The van der Waals surface area contributed by atoms with Gasteiger partial charge in [-0.3, -0.25) is 4.79 Å². The molecule has 41 heavy (non-hydrogen) atoms. The van der Waals surface area contributed by atoms with Gasteiger partial charge in [0, 0.05) is 13.0 Å². The molecule has 0 atom stereocenters. The number of ether oxygens (including phenoxy) is 1. The van der Waals surface area contributed by atoms with E-state index in [9.17, 15) is 4.79 Å². The fraction of sp³-hybridized carbons (Fsp3) is 0.868. The lowest BCUT2D eigenvalue weighted by atomic mass is 10.1. The Morgan fingerprint density at radius 3 is 1.12 bits per heavy atom. The minimum atomic E-state index is -0.0415. The first-order chi connectivity index (χ1) is 20.2. The van der Waals surface area contributed by atoms with Gasteiger partial charge in [0.1, 0.15) is 0 Å². The van der Waals surface area contributed by atoms with E-state index >= 15 is 0 Å². The van der Waals surface area contributed by atoms with Crippen LogP contribution in [0.25, 0.3) is 0 Å². The van der Waals surface area contributed by atoms with Crippen molar-refractivity contribution < 1.29 is 14.6 Å². The molecule has 3 heteroatoms. The van der Waals surface area contributed by atoms with Crippen LogP contribution in [0.3, 0.4) is 0 Å². The average molecular weight is 579 g/mol. The lowest BCUT2D eigenvalue weighted by molar-refractivity contribution is -0.143. The lowest BCUT2D eigenvalue weighted by Gasteiger charge is -2.01. The summed E-state index contributed by atoms with van der Waals surface area (Å²) < 4.78 is 4.91. The highest BCUT2D eigenvalue weighted by Gasteiger charge is 2.00. The maximum Gasteiger partial charge on any atom is 0.305 e. The van der Waals surface area contributed by atoms with Gasteiger partial charge in [0.25, 0.3) is 0 Å². The molecule has 0 aliphatic rings. The zero-order chi connectivity index (χ0) is 30.3. The summed E-state index contributed by atoms with van der Waals surface area (Å²) in [6.45, 7) is 7.27. The highest BCUT2D eigenvalue weighted by atomic mass is 16.5. The molecule has 0 radical (unpaired) electrons. The number of hydrogen-bond donors (Lipinski definition) is 1. The molecule has 0 rings (SSSR count). The standard InChI is InChI=1S/C20H38O2.C18H36O/c1-3-5-6-7-8-9-10-11-12-13-14-15-16-17-18-19-20(21)22-4-2;1-2-3-4-5-6-7-8-9-10-11-12-13-14-15-16-17-18-19/h11-12H,3-10,13-19H2,1-2H3;9-10,19H,2-8,11-18H2,1H3/b12-11-;10-9-. The molecule has 0 heterocycles. The van der Waals surface area contributed by atoms with Crippen molar-refractivity contribution in [3.63, 3.8) is 0 Å². The fourth-order valence-corrected chi connectivity index (χ4v) is 4.93. The largest absolute Gasteiger partial charge is 0.466 e. The minimum absolute atomic E-state index is 0.0415. The molecule has 0 saturated heterocycles. The van der Waals surface area contributed by atoms with Crippen LogP contribution < -0.4 is 0 Å². The van der Waals surface area contributed by atoms with Crippen LogP contribution in [0, 0.1) is 0 Å². The number of rotatable bonds is 31. The van der Waals surface area contributed by atoms with Gasteiger partial charge in [0.15, 0.2) is 0 Å². The summed E-state index contributed by atoms with van der Waals surface area (Å²) in [6, 6.07) is 0. The molecule has 0 amide bonds. The van der Waals surface area contributed by atoms with Gasteiger partial charge in [-0.2, -0.15) is 0 Å². The van der Waals surface area contributed by atoms with E-state index in [1.165, 1.54) is 154 Å². The van der Waals surface area contributed by atoms with Gasteiger partial charge in [-0.15, -0.1) is 0 Å². The smallest absolute Gasteiger partial charge is 0.305 e. The Bertz CT molecular complexity index is 526. The summed E-state index contributed by atoms with van der Waals surface area (Å²) in [6.07, 6.45) is 45.2. The minimum Gasteiger partial charge on any atom is -0.466 e. The van der Waals surface area contributed by atoms with E-state index < -0.39 is 0 Å². The van der Waals surface area contributed by atoms with E-state index in [4.69, 9.17) is 9.84 Å². The molecule has 0 aromatic rings. The van der Waals surface area contributed by atoms with Gasteiger partial charge in [0.2, 0.25) is 0 Å². The number of carbonyl (C=O) groups is 1. The monoisotopic (exact) mass is 579 g/mol. The first kappa shape index (κ1) is 42.0. The van der Waals surface area contributed by atoms with Crippen molar-refractivity contribution in [2.24, 2.45) is 0 Å². The Labute approximate surface area is 258 Å². The van der Waals surface area contributed by atoms with Gasteiger partial charge in [0.05, 0.1) is 6.61 Å². The molecule has 3 nitrogen and oxygen atoms in total. The summed E-state index contributed by atoms with van der Waals surface area (Å²) in [5.74, 6) is -0.0415. The second-order valence-corrected chi connectivity index (χ2v) is 11.8. The van der Waals surface area contributed by atoms with E-state index in [2.05, 4.69) is 38.2 Å². The van der Waals surface area contributed by atoms with Crippen LogP contribution in [0.4, 0.5) is 0 Å². The van der Waals surface area contributed by atoms with Crippen LogP contribution in [0.15, 0.2) is 24.3 Å². The van der Waals surface area contributed by atoms with Crippen LogP contribution in [0.1, 0.15) is 201 Å². The first-order valence-electron chi connectivity index (χ1n) is 18.3. The van der Waals surface area contributed by atoms with Crippen LogP contribution in [-0.4, -0.2) is 24.3 Å². The number of aliphatic hydroxyl groups excluding tert-OH is 1. The van der Waals surface area contributed by atoms with Gasteiger partial charge in [-0.05, 0) is 71.1 Å². The molecule has 0 aliphatic heterocycles. The topological polar surface area (TPSA) is 46.5 Å². The van der Waals surface area contributed by atoms with Crippen molar-refractivity contribution in [2.45, 2.75) is 201 Å². The number of hydrogen-bond acceptors (Lipinski definition) is 3. The highest BCUT2D eigenvalue weighted by molar-refractivity contribution is 5.69. The van der Waals surface area contributed by atoms with Crippen molar-refractivity contribution in [2.75, 3.05) is 13.2 Å². The van der Waals surface area contributed by atoms with Crippen LogP contribution >= 0.6 is 0 Å². The number of esters is 1. The van der Waals surface area contributed by atoms with Crippen molar-refractivity contribution in [1.82, 2.24) is 0 Å². The Kier molecular flexibility index (Phi) is 42.1. The molecular formula is C38H74O3. The maximum absolute atomic E-state index is 11.1. The summed E-state index contributed by atoms with van der Waals surface area (Å²) in [7, 11) is 0. The van der Waals surface area contributed by atoms with Crippen LogP contribution in [-0.2, 0) is 9.53 Å². The highest BCUT2D eigenvalue weighted by Crippen LogP contribution is 2.11. The molecule has 0 aromatic heterocycles. The summed E-state index contributed by atoms with van der Waals surface area (Å²) >= 11 is 0. The van der Waals surface area contributed by atoms with Gasteiger partial charge in [-0.1, -0.05) is 147 Å². The predicted octanol–water partition coefficient (Wildman–Crippen LogP) is 12.6. The first-order valence-corrected chi connectivity index (χ1v) is 18.3. The van der Waals surface area contributed by atoms with E-state index in [0.29, 0.717) is 19.6 Å². The molecule has 0 unspecified atom stereocenters. The van der Waals surface area contributed by atoms with Crippen molar-refractivity contribution in [3.05, 3.63) is 24.3 Å². The quantitative estimate of drug-likeness (QED) is 0.0505. The van der Waals surface area contributed by atoms with E-state index in [1.54, 1.807) is 0 Å². The molecule has 0 spiro atoms. The lowest BCUT2D eigenvalue weighted by Crippen LogP contribution is -2.03. The Hall–Kier alpha value is -1.09. The molecule has 0 fully saturated rings.